The van der Waals surface area contributed by atoms with Crippen molar-refractivity contribution >= 4 is 28.8 Å². The number of fused-ring (bicyclic) bond motifs is 1. The predicted octanol–water partition coefficient (Wildman–Crippen LogP) is 2.02. The lowest BCUT2D eigenvalue weighted by Gasteiger charge is -2.31. The highest BCUT2D eigenvalue weighted by Gasteiger charge is 2.21. The molecule has 1 aromatic carbocycles. The maximum absolute atomic E-state index is 12.6. The van der Waals surface area contributed by atoms with E-state index in [-0.39, 0.29) is 11.6 Å². The van der Waals surface area contributed by atoms with Crippen molar-refractivity contribution in [3.8, 4) is 11.1 Å². The molecule has 0 radical (unpaired) electrons. The van der Waals surface area contributed by atoms with Crippen molar-refractivity contribution in [3.05, 3.63) is 48.7 Å². The van der Waals surface area contributed by atoms with Crippen LogP contribution in [0.2, 0.25) is 0 Å². The molecule has 1 fully saturated rings. The lowest BCUT2D eigenvalue weighted by molar-refractivity contribution is 0.102. The Bertz CT molecular complexity index is 1240. The van der Waals surface area contributed by atoms with Crippen LogP contribution in [-0.2, 0) is 7.05 Å². The number of anilines is 2. The zero-order valence-corrected chi connectivity index (χ0v) is 17.3. The van der Waals surface area contributed by atoms with Gasteiger partial charge in [-0.25, -0.2) is 9.97 Å². The van der Waals surface area contributed by atoms with Crippen LogP contribution in [0.3, 0.4) is 0 Å². The van der Waals surface area contributed by atoms with E-state index in [9.17, 15) is 4.79 Å². The number of nitrogens with zero attached hydrogens (tertiary/aromatic N) is 7. The Labute approximate surface area is 178 Å². The summed E-state index contributed by atoms with van der Waals surface area (Å²) in [6.45, 7) is 3.47. The molecule has 4 heterocycles. The molecule has 1 amide bonds. The number of hydrogen-bond donors (Lipinski definition) is 1. The highest BCUT2D eigenvalue weighted by Crippen LogP contribution is 2.23. The second-order valence-electron chi connectivity index (χ2n) is 7.63. The highest BCUT2D eigenvalue weighted by atomic mass is 16.4. The normalized spacial score (nSPS) is 14.8. The number of aromatic nitrogens is 5. The number of carbonyl (C=O) groups is 1. The molecule has 10 nitrogen and oxygen atoms in total. The van der Waals surface area contributed by atoms with Gasteiger partial charge < -0.3 is 14.2 Å². The number of aryl methyl sites for hydroxylation is 1. The molecule has 0 spiro atoms. The Hall–Kier alpha value is -3.79. The minimum absolute atomic E-state index is 0.196. The number of rotatable bonds is 4. The third-order valence-corrected chi connectivity index (χ3v) is 5.34. The second kappa shape index (κ2) is 7.80. The number of nitrogens with one attached hydrogen (secondary N) is 1. The number of hydrogen-bond acceptors (Lipinski definition) is 8. The van der Waals surface area contributed by atoms with Crippen LogP contribution in [0.25, 0.3) is 22.0 Å². The van der Waals surface area contributed by atoms with Gasteiger partial charge in [0.1, 0.15) is 6.26 Å². The molecule has 0 unspecified atom stereocenters. The highest BCUT2D eigenvalue weighted by molar-refractivity contribution is 6.02. The third-order valence-electron chi connectivity index (χ3n) is 5.34. The number of amides is 1. The summed E-state index contributed by atoms with van der Waals surface area (Å²) < 4.78 is 7.27. The van der Waals surface area contributed by atoms with Crippen LogP contribution in [0.4, 0.5) is 12.0 Å². The fourth-order valence-electron chi connectivity index (χ4n) is 3.51. The molecule has 1 saturated heterocycles. The number of oxazole rings is 1. The van der Waals surface area contributed by atoms with E-state index in [1.54, 1.807) is 17.1 Å². The van der Waals surface area contributed by atoms with Crippen LogP contribution in [0.1, 0.15) is 10.5 Å². The van der Waals surface area contributed by atoms with Crippen molar-refractivity contribution in [2.24, 2.45) is 7.05 Å². The second-order valence-corrected chi connectivity index (χ2v) is 7.63. The molecule has 1 aliphatic heterocycles. The summed E-state index contributed by atoms with van der Waals surface area (Å²) in [5, 5.41) is 7.80. The summed E-state index contributed by atoms with van der Waals surface area (Å²) in [5.41, 5.74) is 2.91. The number of piperazine rings is 1. The van der Waals surface area contributed by atoms with E-state index in [2.05, 4.69) is 37.3 Å². The first-order valence-electron chi connectivity index (χ1n) is 10.0. The van der Waals surface area contributed by atoms with E-state index in [0.29, 0.717) is 6.01 Å². The summed E-state index contributed by atoms with van der Waals surface area (Å²) in [4.78, 5) is 30.0. The fraction of sp³-hybridized carbons (Fsp3) is 0.286. The molecule has 0 saturated carbocycles. The van der Waals surface area contributed by atoms with Gasteiger partial charge in [0.2, 0.25) is 5.95 Å². The van der Waals surface area contributed by atoms with Gasteiger partial charge in [0.15, 0.2) is 5.69 Å². The van der Waals surface area contributed by atoms with Crippen molar-refractivity contribution in [3.63, 3.8) is 0 Å². The third kappa shape index (κ3) is 3.97. The van der Waals surface area contributed by atoms with Gasteiger partial charge in [0, 0.05) is 56.6 Å². The van der Waals surface area contributed by atoms with Crippen LogP contribution >= 0.6 is 0 Å². The Morgan fingerprint density at radius 1 is 1.06 bits per heavy atom. The van der Waals surface area contributed by atoms with Crippen molar-refractivity contribution < 1.29 is 9.21 Å². The Morgan fingerprint density at radius 3 is 2.68 bits per heavy atom. The van der Waals surface area contributed by atoms with Gasteiger partial charge in [-0.3, -0.25) is 14.8 Å². The monoisotopic (exact) mass is 418 g/mol. The van der Waals surface area contributed by atoms with Gasteiger partial charge in [-0.05, 0) is 18.7 Å². The van der Waals surface area contributed by atoms with Crippen molar-refractivity contribution in [1.29, 1.82) is 0 Å². The Kier molecular flexibility index (Phi) is 4.83. The quantitative estimate of drug-likeness (QED) is 0.537. The first kappa shape index (κ1) is 19.2. The average molecular weight is 418 g/mol. The van der Waals surface area contributed by atoms with Crippen LogP contribution < -0.4 is 10.2 Å². The summed E-state index contributed by atoms with van der Waals surface area (Å²) >= 11 is 0. The van der Waals surface area contributed by atoms with Crippen molar-refractivity contribution in [2.45, 2.75) is 0 Å². The molecule has 5 rings (SSSR count). The fourth-order valence-corrected chi connectivity index (χ4v) is 3.51. The first-order valence-corrected chi connectivity index (χ1v) is 10.0. The van der Waals surface area contributed by atoms with E-state index >= 15 is 0 Å². The number of likely N-dealkylation sites (N-methyl/N-ethyl adjacent to an activating group) is 1. The zero-order valence-electron chi connectivity index (χ0n) is 17.3. The molecule has 158 valence electrons. The standard InChI is InChI=1S/C21H22N8O2/c1-27-5-7-29(8-6-27)21-25-18(13-31-21)19(30)26-20-22-10-15-4-3-14(9-17(15)24-20)16-11-23-28(2)12-16/h3-4,9-13H,5-8H2,1-2H3,(H,22,24,26,30). The Morgan fingerprint density at radius 2 is 1.90 bits per heavy atom. The lowest BCUT2D eigenvalue weighted by Crippen LogP contribution is -2.44. The van der Waals surface area contributed by atoms with Crippen LogP contribution in [0.5, 0.6) is 0 Å². The smallest absolute Gasteiger partial charge is 0.298 e. The van der Waals surface area contributed by atoms with Crippen LogP contribution in [0, 0.1) is 0 Å². The van der Waals surface area contributed by atoms with Gasteiger partial charge in [0.25, 0.3) is 11.9 Å². The van der Waals surface area contributed by atoms with E-state index in [1.807, 2.05) is 36.3 Å². The molecule has 0 bridgehead atoms. The van der Waals surface area contributed by atoms with E-state index in [1.165, 1.54) is 6.26 Å². The molecule has 1 aliphatic rings. The molecule has 31 heavy (non-hydrogen) atoms. The summed E-state index contributed by atoms with van der Waals surface area (Å²) in [7, 11) is 3.95. The van der Waals surface area contributed by atoms with E-state index in [0.717, 1.165) is 48.2 Å². The number of benzene rings is 1. The first-order chi connectivity index (χ1) is 15.0. The summed E-state index contributed by atoms with van der Waals surface area (Å²) in [6, 6.07) is 6.35. The molecular weight excluding hydrogens is 396 g/mol. The van der Waals surface area contributed by atoms with Crippen molar-refractivity contribution in [1.82, 2.24) is 29.6 Å². The van der Waals surface area contributed by atoms with E-state index < -0.39 is 5.91 Å². The molecule has 0 aliphatic carbocycles. The van der Waals surface area contributed by atoms with Gasteiger partial charge in [-0.15, -0.1) is 0 Å². The Balaban J connectivity index is 1.33. The van der Waals surface area contributed by atoms with Gasteiger partial charge in [0.05, 0.1) is 11.7 Å². The van der Waals surface area contributed by atoms with E-state index in [4.69, 9.17) is 4.42 Å². The molecule has 0 atom stereocenters. The molecule has 1 N–H and O–H groups in total. The molecule has 4 aromatic rings. The van der Waals surface area contributed by atoms with Gasteiger partial charge in [-0.1, -0.05) is 12.1 Å². The predicted molar refractivity (Wildman–Crippen MR) is 116 cm³/mol. The van der Waals surface area contributed by atoms with Gasteiger partial charge in [-0.2, -0.15) is 10.1 Å². The number of carbonyl (C=O) groups excluding carboxylic acids is 1. The average Bonchev–Trinajstić information content (AvgIpc) is 3.43. The summed E-state index contributed by atoms with van der Waals surface area (Å²) in [5.74, 6) is -0.197. The molecule has 10 heteroatoms. The SMILES string of the molecule is CN1CCN(c2nc(C(=O)Nc3ncc4ccc(-c5cnn(C)c5)cc4n3)co2)CC1. The molecular formula is C21H22N8O2. The molecule has 3 aromatic heterocycles. The van der Waals surface area contributed by atoms with Gasteiger partial charge >= 0.3 is 0 Å². The maximum Gasteiger partial charge on any atom is 0.298 e. The van der Waals surface area contributed by atoms with Crippen molar-refractivity contribution in [2.75, 3.05) is 43.4 Å². The lowest BCUT2D eigenvalue weighted by atomic mass is 10.1. The largest absolute Gasteiger partial charge is 0.431 e. The topological polar surface area (TPSA) is 105 Å². The minimum Gasteiger partial charge on any atom is -0.431 e. The van der Waals surface area contributed by atoms with Crippen LogP contribution in [0.15, 0.2) is 47.5 Å². The minimum atomic E-state index is -0.410. The summed E-state index contributed by atoms with van der Waals surface area (Å²) in [6.07, 6.45) is 6.79. The van der Waals surface area contributed by atoms with Crippen LogP contribution in [-0.4, -0.2) is 68.8 Å². The zero-order chi connectivity index (χ0) is 21.4. The maximum atomic E-state index is 12.6.